The molecule has 2 fully saturated rings. The van der Waals surface area contributed by atoms with Gasteiger partial charge in [-0.05, 0) is 57.1 Å². The lowest BCUT2D eigenvalue weighted by Gasteiger charge is -2.46. The number of hydrogen-bond donors (Lipinski definition) is 1. The van der Waals surface area contributed by atoms with Gasteiger partial charge in [0.2, 0.25) is 11.9 Å². The molecule has 1 aromatic carbocycles. The van der Waals surface area contributed by atoms with Crippen molar-refractivity contribution in [1.82, 2.24) is 19.8 Å². The standard InChI is InChI=1S/C30H44N8O2/c1-6-13-36-14-11-22(12-15-36)38-25(7-2)29(39)34(4)26-21-31-30(33-28(26)38)32-24-20-23(9-10-27(24)40-5)37-18-16-35(8-3)17-19-37/h6,9-10,13,20-22,25H,7-8,11-12,14-19H2,1-5H3,(H,31,32,33)/t25-/m1/s1. The molecule has 40 heavy (non-hydrogen) atoms. The molecule has 0 unspecified atom stereocenters. The predicted molar refractivity (Wildman–Crippen MR) is 162 cm³/mol. The number of likely N-dealkylation sites (N-methyl/N-ethyl adjacent to an activating group) is 2. The highest BCUT2D eigenvalue weighted by molar-refractivity contribution is 6.04. The topological polar surface area (TPSA) is 80.3 Å². The van der Waals surface area contributed by atoms with Gasteiger partial charge in [-0.3, -0.25) is 4.79 Å². The zero-order chi connectivity index (χ0) is 28.2. The third-order valence-corrected chi connectivity index (χ3v) is 8.56. The monoisotopic (exact) mass is 548 g/mol. The number of methoxy groups -OCH3 is 1. The molecule has 0 saturated carbocycles. The second kappa shape index (κ2) is 12.3. The van der Waals surface area contributed by atoms with Crippen LogP contribution in [0.5, 0.6) is 5.75 Å². The van der Waals surface area contributed by atoms with Crippen LogP contribution in [0.2, 0.25) is 0 Å². The SMILES string of the molecule is CC=CN1CCC(N2c3nc(Nc4cc(N5CCN(CC)CC5)ccc4OC)ncc3N(C)C(=O)[C@H]2CC)CC1. The molecule has 0 bridgehead atoms. The van der Waals surface area contributed by atoms with E-state index >= 15 is 0 Å². The van der Waals surface area contributed by atoms with Gasteiger partial charge in [0.1, 0.15) is 17.5 Å². The van der Waals surface area contributed by atoms with Gasteiger partial charge >= 0.3 is 0 Å². The molecule has 0 radical (unpaired) electrons. The number of fused-ring (bicyclic) bond motifs is 1. The molecule has 216 valence electrons. The Morgan fingerprint density at radius 2 is 1.85 bits per heavy atom. The molecule has 1 atom stereocenters. The minimum Gasteiger partial charge on any atom is -0.495 e. The van der Waals surface area contributed by atoms with Gasteiger partial charge in [-0.15, -0.1) is 0 Å². The van der Waals surface area contributed by atoms with E-state index in [-0.39, 0.29) is 18.0 Å². The Kier molecular flexibility index (Phi) is 8.63. The molecule has 10 nitrogen and oxygen atoms in total. The molecule has 2 saturated heterocycles. The van der Waals surface area contributed by atoms with Crippen molar-refractivity contribution in [3.63, 3.8) is 0 Å². The number of piperazine rings is 1. The van der Waals surface area contributed by atoms with Crippen LogP contribution in [0, 0.1) is 0 Å². The predicted octanol–water partition coefficient (Wildman–Crippen LogP) is 3.93. The van der Waals surface area contributed by atoms with E-state index in [1.54, 1.807) is 18.2 Å². The highest BCUT2D eigenvalue weighted by Gasteiger charge is 2.41. The van der Waals surface area contributed by atoms with Gasteiger partial charge in [-0.2, -0.15) is 4.98 Å². The fourth-order valence-electron chi connectivity index (χ4n) is 6.22. The van der Waals surface area contributed by atoms with Crippen LogP contribution in [0.15, 0.2) is 36.7 Å². The van der Waals surface area contributed by atoms with E-state index in [9.17, 15) is 4.79 Å². The summed E-state index contributed by atoms with van der Waals surface area (Å²) in [6, 6.07) is 6.26. The van der Waals surface area contributed by atoms with Crippen molar-refractivity contribution in [2.75, 3.05) is 80.0 Å². The van der Waals surface area contributed by atoms with Crippen molar-refractivity contribution in [2.45, 2.75) is 52.1 Å². The number of allylic oxidation sites excluding steroid dienone is 1. The number of hydrogen-bond acceptors (Lipinski definition) is 9. The molecule has 1 aromatic heterocycles. The molecule has 3 aliphatic heterocycles. The van der Waals surface area contributed by atoms with Crippen LogP contribution < -0.4 is 24.8 Å². The summed E-state index contributed by atoms with van der Waals surface area (Å²) in [5, 5.41) is 3.45. The highest BCUT2D eigenvalue weighted by atomic mass is 16.5. The van der Waals surface area contributed by atoms with Gasteiger partial charge in [0.25, 0.3) is 0 Å². The Labute approximate surface area is 238 Å². The molecule has 1 N–H and O–H groups in total. The average Bonchev–Trinajstić information content (AvgIpc) is 2.99. The Balaban J connectivity index is 1.44. The van der Waals surface area contributed by atoms with Crippen LogP contribution in [-0.4, -0.2) is 97.7 Å². The first-order chi connectivity index (χ1) is 19.5. The van der Waals surface area contributed by atoms with E-state index in [4.69, 9.17) is 9.72 Å². The second-order valence-electron chi connectivity index (χ2n) is 10.8. The van der Waals surface area contributed by atoms with Crippen LogP contribution in [-0.2, 0) is 4.79 Å². The molecule has 3 aliphatic rings. The van der Waals surface area contributed by atoms with E-state index in [1.165, 1.54) is 0 Å². The summed E-state index contributed by atoms with van der Waals surface area (Å²) in [7, 11) is 3.51. The maximum atomic E-state index is 13.4. The van der Waals surface area contributed by atoms with Crippen LogP contribution in [0.3, 0.4) is 0 Å². The van der Waals surface area contributed by atoms with Crippen LogP contribution >= 0.6 is 0 Å². The van der Waals surface area contributed by atoms with Crippen molar-refractivity contribution in [2.24, 2.45) is 0 Å². The van der Waals surface area contributed by atoms with Gasteiger partial charge in [0.15, 0.2) is 5.82 Å². The number of likely N-dealkylation sites (tertiary alicyclic amines) is 1. The quantitative estimate of drug-likeness (QED) is 0.528. The number of aromatic nitrogens is 2. The van der Waals surface area contributed by atoms with Gasteiger partial charge in [0, 0.05) is 58.0 Å². The number of piperidine rings is 1. The van der Waals surface area contributed by atoms with Crippen LogP contribution in [0.1, 0.15) is 40.0 Å². The zero-order valence-corrected chi connectivity index (χ0v) is 24.6. The Bertz CT molecular complexity index is 1200. The number of ether oxygens (including phenoxy) is 1. The molecule has 4 heterocycles. The number of carbonyl (C=O) groups excluding carboxylic acids is 1. The van der Waals surface area contributed by atoms with E-state index in [2.05, 4.69) is 75.1 Å². The van der Waals surface area contributed by atoms with Crippen molar-refractivity contribution in [1.29, 1.82) is 0 Å². The molecule has 0 spiro atoms. The van der Waals surface area contributed by atoms with E-state index in [0.717, 1.165) is 93.7 Å². The Hall–Kier alpha value is -3.53. The normalized spacial score (nSPS) is 20.8. The maximum Gasteiger partial charge on any atom is 0.249 e. The molecular weight excluding hydrogens is 504 g/mol. The number of anilines is 5. The third kappa shape index (κ3) is 5.54. The summed E-state index contributed by atoms with van der Waals surface area (Å²) in [6.45, 7) is 13.5. The minimum absolute atomic E-state index is 0.104. The summed E-state index contributed by atoms with van der Waals surface area (Å²) in [4.78, 5) is 34.3. The van der Waals surface area contributed by atoms with Gasteiger partial charge < -0.3 is 34.6 Å². The largest absolute Gasteiger partial charge is 0.495 e. The number of rotatable bonds is 8. The number of nitrogens with zero attached hydrogens (tertiary/aromatic N) is 7. The number of carbonyl (C=O) groups is 1. The summed E-state index contributed by atoms with van der Waals surface area (Å²) < 4.78 is 5.70. The van der Waals surface area contributed by atoms with Gasteiger partial charge in [-0.25, -0.2) is 4.98 Å². The van der Waals surface area contributed by atoms with Crippen molar-refractivity contribution < 1.29 is 9.53 Å². The first-order valence-electron chi connectivity index (χ1n) is 14.7. The summed E-state index contributed by atoms with van der Waals surface area (Å²) >= 11 is 0. The highest BCUT2D eigenvalue weighted by Crippen LogP contribution is 2.39. The van der Waals surface area contributed by atoms with Crippen molar-refractivity contribution in [3.05, 3.63) is 36.7 Å². The van der Waals surface area contributed by atoms with Crippen molar-refractivity contribution in [3.8, 4) is 5.75 Å². The third-order valence-electron chi connectivity index (χ3n) is 8.56. The fraction of sp³-hybridized carbons (Fsp3) is 0.567. The summed E-state index contributed by atoms with van der Waals surface area (Å²) in [5.74, 6) is 2.16. The minimum atomic E-state index is -0.238. The number of nitrogens with one attached hydrogen (secondary N) is 1. The lowest BCUT2D eigenvalue weighted by Crippen LogP contribution is -2.58. The van der Waals surface area contributed by atoms with E-state index < -0.39 is 0 Å². The maximum absolute atomic E-state index is 13.4. The van der Waals surface area contributed by atoms with Gasteiger partial charge in [-0.1, -0.05) is 19.9 Å². The molecular formula is C30H44N8O2. The van der Waals surface area contributed by atoms with Gasteiger partial charge in [0.05, 0.1) is 19.0 Å². The molecule has 5 rings (SSSR count). The lowest BCUT2D eigenvalue weighted by atomic mass is 9.97. The Morgan fingerprint density at radius 3 is 2.50 bits per heavy atom. The first kappa shape index (κ1) is 28.0. The lowest BCUT2D eigenvalue weighted by molar-refractivity contribution is -0.120. The van der Waals surface area contributed by atoms with Crippen LogP contribution in [0.4, 0.5) is 28.8 Å². The molecule has 2 aromatic rings. The molecule has 1 amide bonds. The average molecular weight is 549 g/mol. The first-order valence-corrected chi connectivity index (χ1v) is 14.7. The smallest absolute Gasteiger partial charge is 0.249 e. The summed E-state index contributed by atoms with van der Waals surface area (Å²) in [5.41, 5.74) is 2.74. The second-order valence-corrected chi connectivity index (χ2v) is 10.8. The molecule has 0 aliphatic carbocycles. The van der Waals surface area contributed by atoms with Crippen LogP contribution in [0.25, 0.3) is 0 Å². The number of benzene rings is 1. The van der Waals surface area contributed by atoms with E-state index in [1.807, 2.05) is 13.1 Å². The molecule has 10 heteroatoms. The fourth-order valence-corrected chi connectivity index (χ4v) is 6.22. The summed E-state index contributed by atoms with van der Waals surface area (Å²) in [6.07, 6.45) is 8.70. The zero-order valence-electron chi connectivity index (χ0n) is 24.6. The Morgan fingerprint density at radius 1 is 1.10 bits per heavy atom. The number of amides is 1. The van der Waals surface area contributed by atoms with Crippen molar-refractivity contribution >= 4 is 34.7 Å². The van der Waals surface area contributed by atoms with E-state index in [0.29, 0.717) is 5.95 Å².